The van der Waals surface area contributed by atoms with Crippen molar-refractivity contribution < 1.29 is 19.0 Å². The number of amides is 1. The molecule has 4 nitrogen and oxygen atoms in total. The second-order valence-corrected chi connectivity index (χ2v) is 5.13. The lowest BCUT2D eigenvalue weighted by Crippen LogP contribution is -2.29. The van der Waals surface area contributed by atoms with Gasteiger partial charge in [-0.05, 0) is 42.3 Å². The normalized spacial score (nSPS) is 11.8. The van der Waals surface area contributed by atoms with Crippen molar-refractivity contribution >= 4 is 5.91 Å². The molecular weight excluding hydrogens is 297 g/mol. The van der Waals surface area contributed by atoms with Gasteiger partial charge in [0.15, 0.2) is 0 Å². The fourth-order valence-corrected chi connectivity index (χ4v) is 2.13. The zero-order chi connectivity index (χ0) is 16.7. The first-order valence-electron chi connectivity index (χ1n) is 7.50. The SMILES string of the molecule is CCOc1ccc(CC(=O)NCC(O)c2ccc(F)cc2)cc1. The van der Waals surface area contributed by atoms with Crippen molar-refractivity contribution in [3.05, 3.63) is 65.5 Å². The molecule has 0 bridgehead atoms. The maximum atomic E-state index is 12.8. The van der Waals surface area contributed by atoms with Crippen molar-refractivity contribution in [3.63, 3.8) is 0 Å². The Hall–Kier alpha value is -2.40. The molecule has 0 saturated heterocycles. The molecule has 0 aromatic heterocycles. The molecule has 122 valence electrons. The number of carbonyl (C=O) groups is 1. The predicted molar refractivity (Wildman–Crippen MR) is 85.7 cm³/mol. The third kappa shape index (κ3) is 5.38. The zero-order valence-corrected chi connectivity index (χ0v) is 13.0. The van der Waals surface area contributed by atoms with E-state index in [9.17, 15) is 14.3 Å². The third-order valence-electron chi connectivity index (χ3n) is 3.35. The lowest BCUT2D eigenvalue weighted by atomic mass is 10.1. The zero-order valence-electron chi connectivity index (χ0n) is 13.0. The number of hydrogen-bond acceptors (Lipinski definition) is 3. The van der Waals surface area contributed by atoms with Gasteiger partial charge in [-0.15, -0.1) is 0 Å². The number of hydrogen-bond donors (Lipinski definition) is 2. The Bertz CT molecular complexity index is 626. The number of carbonyl (C=O) groups excluding carboxylic acids is 1. The van der Waals surface area contributed by atoms with Crippen molar-refractivity contribution in [2.24, 2.45) is 0 Å². The highest BCUT2D eigenvalue weighted by Gasteiger charge is 2.10. The quantitative estimate of drug-likeness (QED) is 0.825. The topological polar surface area (TPSA) is 58.6 Å². The van der Waals surface area contributed by atoms with Crippen LogP contribution in [0.3, 0.4) is 0 Å². The number of rotatable bonds is 7. The Morgan fingerprint density at radius 1 is 1.17 bits per heavy atom. The minimum atomic E-state index is -0.861. The number of ether oxygens (including phenoxy) is 1. The average Bonchev–Trinajstić information content (AvgIpc) is 2.55. The molecule has 0 aliphatic heterocycles. The Morgan fingerprint density at radius 3 is 2.43 bits per heavy atom. The Morgan fingerprint density at radius 2 is 1.83 bits per heavy atom. The van der Waals surface area contributed by atoms with Gasteiger partial charge >= 0.3 is 0 Å². The van der Waals surface area contributed by atoms with E-state index >= 15 is 0 Å². The fraction of sp³-hybridized carbons (Fsp3) is 0.278. The first-order chi connectivity index (χ1) is 11.1. The second-order valence-electron chi connectivity index (χ2n) is 5.13. The molecule has 2 aromatic carbocycles. The van der Waals surface area contributed by atoms with E-state index in [1.54, 1.807) is 0 Å². The molecule has 0 saturated carbocycles. The minimum Gasteiger partial charge on any atom is -0.494 e. The fourth-order valence-electron chi connectivity index (χ4n) is 2.13. The van der Waals surface area contributed by atoms with E-state index in [2.05, 4.69) is 5.32 Å². The molecule has 0 radical (unpaired) electrons. The van der Waals surface area contributed by atoms with E-state index in [0.29, 0.717) is 12.2 Å². The first-order valence-corrected chi connectivity index (χ1v) is 7.50. The van der Waals surface area contributed by atoms with Gasteiger partial charge in [-0.2, -0.15) is 0 Å². The van der Waals surface area contributed by atoms with E-state index in [4.69, 9.17) is 4.74 Å². The van der Waals surface area contributed by atoms with Gasteiger partial charge in [-0.3, -0.25) is 4.79 Å². The summed E-state index contributed by atoms with van der Waals surface area (Å²) in [5.74, 6) is 0.221. The van der Waals surface area contributed by atoms with Gasteiger partial charge in [-0.1, -0.05) is 24.3 Å². The lowest BCUT2D eigenvalue weighted by Gasteiger charge is -2.12. The van der Waals surface area contributed by atoms with E-state index in [1.165, 1.54) is 24.3 Å². The number of nitrogens with one attached hydrogen (secondary N) is 1. The number of halogens is 1. The largest absolute Gasteiger partial charge is 0.494 e. The van der Waals surface area contributed by atoms with Gasteiger partial charge in [0.05, 0.1) is 19.1 Å². The molecule has 1 amide bonds. The van der Waals surface area contributed by atoms with Crippen LogP contribution in [0.25, 0.3) is 0 Å². The molecule has 1 unspecified atom stereocenters. The van der Waals surface area contributed by atoms with Crippen LogP contribution in [0.5, 0.6) is 5.75 Å². The molecule has 0 aliphatic rings. The van der Waals surface area contributed by atoms with E-state index in [0.717, 1.165) is 11.3 Å². The molecule has 2 aromatic rings. The van der Waals surface area contributed by atoms with E-state index in [-0.39, 0.29) is 24.7 Å². The molecule has 5 heteroatoms. The van der Waals surface area contributed by atoms with Crippen LogP contribution >= 0.6 is 0 Å². The number of benzene rings is 2. The van der Waals surface area contributed by atoms with E-state index < -0.39 is 6.10 Å². The minimum absolute atomic E-state index is 0.0848. The predicted octanol–water partition coefficient (Wildman–Crippen LogP) is 2.62. The van der Waals surface area contributed by atoms with Crippen LogP contribution in [0.1, 0.15) is 24.2 Å². The molecule has 2 N–H and O–H groups in total. The van der Waals surface area contributed by atoms with Crippen LogP contribution in [0.15, 0.2) is 48.5 Å². The molecule has 0 aliphatic carbocycles. The van der Waals surface area contributed by atoms with Crippen LogP contribution in [0.4, 0.5) is 4.39 Å². The maximum absolute atomic E-state index is 12.8. The highest BCUT2D eigenvalue weighted by molar-refractivity contribution is 5.78. The van der Waals surface area contributed by atoms with Crippen LogP contribution in [0.2, 0.25) is 0 Å². The lowest BCUT2D eigenvalue weighted by molar-refractivity contribution is -0.120. The average molecular weight is 317 g/mol. The van der Waals surface area contributed by atoms with Gasteiger partial charge in [0.2, 0.25) is 5.91 Å². The monoisotopic (exact) mass is 317 g/mol. The highest BCUT2D eigenvalue weighted by atomic mass is 19.1. The van der Waals surface area contributed by atoms with Crippen LogP contribution in [0, 0.1) is 5.82 Å². The third-order valence-corrected chi connectivity index (χ3v) is 3.35. The molecule has 2 rings (SSSR count). The molecular formula is C18H20FNO3. The summed E-state index contributed by atoms with van der Waals surface area (Å²) in [4.78, 5) is 11.9. The summed E-state index contributed by atoms with van der Waals surface area (Å²) in [6, 6.07) is 12.9. The van der Waals surface area contributed by atoms with Gasteiger partial charge < -0.3 is 15.2 Å². The van der Waals surface area contributed by atoms with Crippen molar-refractivity contribution in [1.82, 2.24) is 5.32 Å². The Labute approximate surface area is 134 Å². The summed E-state index contributed by atoms with van der Waals surface area (Å²) in [6.07, 6.45) is -0.636. The summed E-state index contributed by atoms with van der Waals surface area (Å²) in [5, 5.41) is 12.6. The molecule has 0 heterocycles. The Kier molecular flexibility index (Phi) is 6.11. The second kappa shape index (κ2) is 8.29. The van der Waals surface area contributed by atoms with Crippen LogP contribution in [-0.4, -0.2) is 24.2 Å². The Balaban J connectivity index is 1.81. The van der Waals surface area contributed by atoms with Crippen LogP contribution in [-0.2, 0) is 11.2 Å². The number of aliphatic hydroxyl groups excluding tert-OH is 1. The van der Waals surface area contributed by atoms with Gasteiger partial charge in [0.1, 0.15) is 11.6 Å². The molecule has 0 spiro atoms. The van der Waals surface area contributed by atoms with E-state index in [1.807, 2.05) is 31.2 Å². The van der Waals surface area contributed by atoms with Crippen molar-refractivity contribution in [2.45, 2.75) is 19.4 Å². The summed E-state index contributed by atoms with van der Waals surface area (Å²) in [6.45, 7) is 2.59. The summed E-state index contributed by atoms with van der Waals surface area (Å²) < 4.78 is 18.2. The van der Waals surface area contributed by atoms with Crippen molar-refractivity contribution in [3.8, 4) is 5.75 Å². The molecule has 1 atom stereocenters. The molecule has 23 heavy (non-hydrogen) atoms. The maximum Gasteiger partial charge on any atom is 0.224 e. The molecule has 0 fully saturated rings. The number of aliphatic hydroxyl groups is 1. The van der Waals surface area contributed by atoms with Crippen LogP contribution < -0.4 is 10.1 Å². The van der Waals surface area contributed by atoms with Gasteiger partial charge in [-0.25, -0.2) is 4.39 Å². The summed E-state index contributed by atoms with van der Waals surface area (Å²) >= 11 is 0. The smallest absolute Gasteiger partial charge is 0.224 e. The summed E-state index contributed by atoms with van der Waals surface area (Å²) in [7, 11) is 0. The van der Waals surface area contributed by atoms with Crippen molar-refractivity contribution in [2.75, 3.05) is 13.2 Å². The standard InChI is InChI=1S/C18H20FNO3/c1-2-23-16-9-3-13(4-10-16)11-18(22)20-12-17(21)14-5-7-15(19)8-6-14/h3-10,17,21H,2,11-12H2,1H3,(H,20,22). The highest BCUT2D eigenvalue weighted by Crippen LogP contribution is 2.14. The first kappa shape index (κ1) is 17.0. The van der Waals surface area contributed by atoms with Crippen molar-refractivity contribution in [1.29, 1.82) is 0 Å². The van der Waals surface area contributed by atoms with Gasteiger partial charge in [0, 0.05) is 6.54 Å². The summed E-state index contributed by atoms with van der Waals surface area (Å²) in [5.41, 5.74) is 1.43. The van der Waals surface area contributed by atoms with Gasteiger partial charge in [0.25, 0.3) is 0 Å².